The van der Waals surface area contributed by atoms with Crippen molar-refractivity contribution >= 4 is 5.71 Å². The number of hydrogen-bond acceptors (Lipinski definition) is 7. The van der Waals surface area contributed by atoms with Gasteiger partial charge in [0.25, 0.3) is 0 Å². The molecule has 0 radical (unpaired) electrons. The Morgan fingerprint density at radius 1 is 0.939 bits per heavy atom. The Balaban J connectivity index is 1.64. The molecule has 0 fully saturated rings. The second kappa shape index (κ2) is 8.24. The van der Waals surface area contributed by atoms with Crippen molar-refractivity contribution in [3.63, 3.8) is 0 Å². The van der Waals surface area contributed by atoms with Crippen molar-refractivity contribution in [1.82, 2.24) is 5.01 Å². The molecule has 0 amide bonds. The maximum atomic E-state index is 10.5. The molecular weight excluding hydrogens is 420 g/mol. The summed E-state index contributed by atoms with van der Waals surface area (Å²) in [6.07, 6.45) is 0.118. The van der Waals surface area contributed by atoms with Gasteiger partial charge in [-0.05, 0) is 43.3 Å². The molecule has 0 aliphatic carbocycles. The van der Waals surface area contributed by atoms with Gasteiger partial charge in [0.15, 0.2) is 23.0 Å². The molecule has 33 heavy (non-hydrogen) atoms. The first kappa shape index (κ1) is 21.0. The van der Waals surface area contributed by atoms with Gasteiger partial charge in [-0.2, -0.15) is 5.10 Å². The van der Waals surface area contributed by atoms with Gasteiger partial charge in [-0.1, -0.05) is 23.8 Å². The number of para-hydroxylation sites is 1. The van der Waals surface area contributed by atoms with Gasteiger partial charge in [-0.15, -0.1) is 0 Å². The molecule has 7 heteroatoms. The van der Waals surface area contributed by atoms with E-state index < -0.39 is 6.23 Å². The number of hydrogen-bond donors (Lipinski definition) is 1. The monoisotopic (exact) mass is 446 g/mol. The maximum Gasteiger partial charge on any atom is 0.214 e. The van der Waals surface area contributed by atoms with Gasteiger partial charge in [0.2, 0.25) is 6.23 Å². The van der Waals surface area contributed by atoms with E-state index in [4.69, 9.17) is 24.0 Å². The highest BCUT2D eigenvalue weighted by Gasteiger charge is 2.42. The molecule has 5 rings (SSSR count). The first-order valence-corrected chi connectivity index (χ1v) is 10.7. The van der Waals surface area contributed by atoms with Crippen LogP contribution in [-0.4, -0.2) is 37.2 Å². The second-order valence-electron chi connectivity index (χ2n) is 8.13. The molecule has 0 unspecified atom stereocenters. The fraction of sp³-hybridized carbons (Fsp3) is 0.269. The average molecular weight is 447 g/mol. The first-order valence-electron chi connectivity index (χ1n) is 10.7. The number of aryl methyl sites for hydroxylation is 1. The zero-order chi connectivity index (χ0) is 23.1. The smallest absolute Gasteiger partial charge is 0.214 e. The number of ether oxygens (including phenoxy) is 4. The zero-order valence-corrected chi connectivity index (χ0v) is 19.0. The van der Waals surface area contributed by atoms with Crippen LogP contribution >= 0.6 is 0 Å². The standard InChI is InChI=1S/C26H26N2O5/c1-15-8-10-21(29)18(12-15)19-14-20-17-6-5-7-23(31-3)25(17)33-26(28(20)27-19)16-9-11-22(30-2)24(13-16)32-4/h5-13,20,26,29H,14H2,1-4H3/t20-,26+/m1/s1. The Bertz CT molecular complexity index is 1240. The highest BCUT2D eigenvalue weighted by atomic mass is 16.5. The first-order chi connectivity index (χ1) is 16.0. The van der Waals surface area contributed by atoms with Crippen LogP contribution in [0.1, 0.15) is 40.9 Å². The molecule has 0 saturated carbocycles. The number of rotatable bonds is 5. The molecule has 0 aromatic heterocycles. The van der Waals surface area contributed by atoms with Crippen molar-refractivity contribution in [3.05, 3.63) is 76.9 Å². The minimum atomic E-state index is -0.511. The fourth-order valence-corrected chi connectivity index (χ4v) is 4.51. The topological polar surface area (TPSA) is 72.8 Å². The molecule has 0 spiro atoms. The molecular formula is C26H26N2O5. The van der Waals surface area contributed by atoms with Gasteiger partial charge in [0.05, 0.1) is 33.1 Å². The van der Waals surface area contributed by atoms with Crippen LogP contribution in [-0.2, 0) is 0 Å². The number of nitrogens with zero attached hydrogens (tertiary/aromatic N) is 2. The largest absolute Gasteiger partial charge is 0.507 e. The minimum absolute atomic E-state index is 0.0724. The molecule has 0 saturated heterocycles. The van der Waals surface area contributed by atoms with E-state index in [0.29, 0.717) is 29.4 Å². The van der Waals surface area contributed by atoms with Crippen LogP contribution in [0.3, 0.4) is 0 Å². The van der Waals surface area contributed by atoms with Gasteiger partial charge >= 0.3 is 0 Å². The van der Waals surface area contributed by atoms with Crippen molar-refractivity contribution in [3.8, 4) is 28.7 Å². The molecule has 170 valence electrons. The van der Waals surface area contributed by atoms with E-state index in [0.717, 1.165) is 28.0 Å². The van der Waals surface area contributed by atoms with Crippen LogP contribution in [0.4, 0.5) is 0 Å². The quantitative estimate of drug-likeness (QED) is 0.597. The van der Waals surface area contributed by atoms with E-state index >= 15 is 0 Å². The third-order valence-corrected chi connectivity index (χ3v) is 6.16. The lowest BCUT2D eigenvalue weighted by molar-refractivity contribution is -0.0210. The molecule has 2 aliphatic rings. The highest BCUT2D eigenvalue weighted by molar-refractivity contribution is 6.04. The van der Waals surface area contributed by atoms with Gasteiger partial charge in [-0.3, -0.25) is 0 Å². The van der Waals surface area contributed by atoms with E-state index in [1.54, 1.807) is 27.4 Å². The summed E-state index contributed by atoms with van der Waals surface area (Å²) in [7, 11) is 4.85. The number of methoxy groups -OCH3 is 3. The highest BCUT2D eigenvalue weighted by Crippen LogP contribution is 2.51. The van der Waals surface area contributed by atoms with Crippen LogP contribution in [0.15, 0.2) is 59.7 Å². The summed E-state index contributed by atoms with van der Waals surface area (Å²) < 4.78 is 23.0. The van der Waals surface area contributed by atoms with Crippen LogP contribution < -0.4 is 18.9 Å². The Labute approximate surface area is 192 Å². The molecule has 0 bridgehead atoms. The van der Waals surface area contributed by atoms with Crippen LogP contribution in [0.2, 0.25) is 0 Å². The Kier molecular flexibility index (Phi) is 5.24. The predicted octanol–water partition coefficient (Wildman–Crippen LogP) is 4.97. The number of hydrazone groups is 1. The zero-order valence-electron chi connectivity index (χ0n) is 19.0. The maximum absolute atomic E-state index is 10.5. The molecule has 2 aliphatic heterocycles. The van der Waals surface area contributed by atoms with Crippen LogP contribution in [0.25, 0.3) is 0 Å². The summed E-state index contributed by atoms with van der Waals surface area (Å²) in [5.41, 5.74) is 4.47. The molecule has 1 N–H and O–H groups in total. The summed E-state index contributed by atoms with van der Waals surface area (Å²) in [6, 6.07) is 17.1. The van der Waals surface area contributed by atoms with Crippen molar-refractivity contribution in [1.29, 1.82) is 0 Å². The third-order valence-electron chi connectivity index (χ3n) is 6.16. The second-order valence-corrected chi connectivity index (χ2v) is 8.13. The van der Waals surface area contributed by atoms with Gasteiger partial charge in [0.1, 0.15) is 5.75 Å². The lowest BCUT2D eigenvalue weighted by atomic mass is 9.94. The lowest BCUT2D eigenvalue weighted by Crippen LogP contribution is -2.33. The molecule has 3 aromatic rings. The van der Waals surface area contributed by atoms with Crippen molar-refractivity contribution in [2.75, 3.05) is 21.3 Å². The molecule has 2 heterocycles. The summed E-state index contributed by atoms with van der Waals surface area (Å²) in [6.45, 7) is 2.00. The molecule has 3 aromatic carbocycles. The summed E-state index contributed by atoms with van der Waals surface area (Å²) in [5.74, 6) is 2.84. The minimum Gasteiger partial charge on any atom is -0.507 e. The summed E-state index contributed by atoms with van der Waals surface area (Å²) in [4.78, 5) is 0. The van der Waals surface area contributed by atoms with E-state index in [-0.39, 0.29) is 11.8 Å². The number of benzene rings is 3. The lowest BCUT2D eigenvalue weighted by Gasteiger charge is -2.38. The van der Waals surface area contributed by atoms with Crippen molar-refractivity contribution in [2.24, 2.45) is 5.10 Å². The fourth-order valence-electron chi connectivity index (χ4n) is 4.51. The Morgan fingerprint density at radius 2 is 1.73 bits per heavy atom. The number of phenolic OH excluding ortho intramolecular Hbond substituents is 1. The number of fused-ring (bicyclic) bond motifs is 3. The average Bonchev–Trinajstić information content (AvgIpc) is 3.29. The van der Waals surface area contributed by atoms with E-state index in [2.05, 4.69) is 0 Å². The Hall–Kier alpha value is -3.87. The molecule has 2 atom stereocenters. The predicted molar refractivity (Wildman–Crippen MR) is 124 cm³/mol. The van der Waals surface area contributed by atoms with E-state index in [1.165, 1.54) is 0 Å². The number of phenols is 1. The van der Waals surface area contributed by atoms with Crippen LogP contribution in [0, 0.1) is 6.92 Å². The number of aromatic hydroxyl groups is 1. The van der Waals surface area contributed by atoms with Crippen molar-refractivity contribution in [2.45, 2.75) is 25.6 Å². The summed E-state index contributed by atoms with van der Waals surface area (Å²) >= 11 is 0. The van der Waals surface area contributed by atoms with Crippen molar-refractivity contribution < 1.29 is 24.1 Å². The van der Waals surface area contributed by atoms with Crippen LogP contribution in [0.5, 0.6) is 28.7 Å². The van der Waals surface area contributed by atoms with E-state index in [1.807, 2.05) is 60.5 Å². The third kappa shape index (κ3) is 3.50. The summed E-state index contributed by atoms with van der Waals surface area (Å²) in [5, 5.41) is 17.4. The Morgan fingerprint density at radius 3 is 2.48 bits per heavy atom. The SMILES string of the molecule is COc1ccc([C@@H]2Oc3c(OC)cccc3[C@H]3CC(c4cc(C)ccc4O)=NN32)cc1OC. The van der Waals surface area contributed by atoms with Gasteiger partial charge in [0, 0.05) is 23.1 Å². The molecule has 7 nitrogen and oxygen atoms in total. The van der Waals surface area contributed by atoms with Gasteiger partial charge in [-0.25, -0.2) is 5.01 Å². The van der Waals surface area contributed by atoms with E-state index in [9.17, 15) is 5.11 Å². The van der Waals surface area contributed by atoms with Gasteiger partial charge < -0.3 is 24.1 Å². The normalized spacial score (nSPS) is 18.7.